The van der Waals surface area contributed by atoms with Crippen molar-refractivity contribution in [1.82, 2.24) is 0 Å². The molecule has 0 amide bonds. The number of nitrogens with zero attached hydrogens (tertiary/aromatic N) is 1. The molecule has 0 N–H and O–H groups in total. The maximum absolute atomic E-state index is 5.82. The molecule has 1 aromatic heterocycles. The van der Waals surface area contributed by atoms with Crippen LogP contribution in [0.25, 0.3) is 21.0 Å². The summed E-state index contributed by atoms with van der Waals surface area (Å²) in [7, 11) is 1.63. The Morgan fingerprint density at radius 2 is 1.75 bits per heavy atom. The molecule has 3 rings (SSSR count). The molecule has 5 heteroatoms. The van der Waals surface area contributed by atoms with E-state index in [-0.39, 0.29) is 0 Å². The predicted molar refractivity (Wildman–Crippen MR) is 97.3 cm³/mol. The van der Waals surface area contributed by atoms with Crippen LogP contribution in [0.1, 0.15) is 18.9 Å². The molecule has 3 aromatic rings. The van der Waals surface area contributed by atoms with Crippen LogP contribution in [0.2, 0.25) is 0 Å². The first-order chi connectivity index (χ1) is 11.6. The molecule has 0 spiro atoms. The van der Waals surface area contributed by atoms with Gasteiger partial charge in [0, 0.05) is 38.7 Å². The van der Waals surface area contributed by atoms with E-state index in [2.05, 4.69) is 47.9 Å². The minimum absolute atomic E-state index is 0.495. The average Bonchev–Trinajstić information content (AvgIpc) is 2.91. The van der Waals surface area contributed by atoms with Crippen molar-refractivity contribution in [2.75, 3.05) is 20.3 Å². The smallest absolute Gasteiger partial charge is 0.326 e. The van der Waals surface area contributed by atoms with Gasteiger partial charge in [-0.1, -0.05) is 35.6 Å². The van der Waals surface area contributed by atoms with Gasteiger partial charge < -0.3 is 14.2 Å². The second kappa shape index (κ2) is 7.15. The average molecular weight is 346 g/mol. The van der Waals surface area contributed by atoms with E-state index in [1.165, 1.54) is 26.0 Å². The first-order valence-electron chi connectivity index (χ1n) is 8.28. The molecule has 0 aliphatic rings. The third-order valence-corrected chi connectivity index (χ3v) is 5.32. The van der Waals surface area contributed by atoms with Crippen LogP contribution in [-0.4, -0.2) is 26.3 Å². The van der Waals surface area contributed by atoms with Gasteiger partial charge in [0.2, 0.25) is 17.1 Å². The summed E-state index contributed by atoms with van der Waals surface area (Å²) in [4.78, 5) is 0. The van der Waals surface area contributed by atoms with Gasteiger partial charge in [0.05, 0.1) is 0 Å². The lowest BCUT2D eigenvalue weighted by Gasteiger charge is -2.28. The molecule has 0 radical (unpaired) electrons. The van der Waals surface area contributed by atoms with Crippen LogP contribution in [0.15, 0.2) is 36.4 Å². The number of aromatic nitrogens is 1. The molecule has 24 heavy (non-hydrogen) atoms. The molecular weight excluding hydrogens is 322 g/mol. The van der Waals surface area contributed by atoms with Crippen molar-refractivity contribution in [3.8, 4) is 0 Å². The first kappa shape index (κ1) is 17.3. The third-order valence-electron chi connectivity index (χ3n) is 4.17. The van der Waals surface area contributed by atoms with Crippen molar-refractivity contribution >= 4 is 32.3 Å². The molecule has 2 aromatic carbocycles. The summed E-state index contributed by atoms with van der Waals surface area (Å²) in [6.45, 7) is 7.57. The van der Waals surface area contributed by atoms with Gasteiger partial charge in [-0.25, -0.2) is 0 Å². The Morgan fingerprint density at radius 3 is 2.42 bits per heavy atom. The highest BCUT2D eigenvalue weighted by molar-refractivity contribution is 7.19. The number of methoxy groups -OCH3 is 1. The fraction of sp³-hybridized carbons (Fsp3) is 0.421. The number of rotatable bonds is 7. The van der Waals surface area contributed by atoms with Crippen LogP contribution < -0.4 is 4.57 Å². The quantitative estimate of drug-likeness (QED) is 0.478. The molecule has 0 fully saturated rings. The lowest BCUT2D eigenvalue weighted by Crippen LogP contribution is -2.53. The molecule has 0 aliphatic carbocycles. The van der Waals surface area contributed by atoms with E-state index in [4.69, 9.17) is 14.2 Å². The van der Waals surface area contributed by atoms with Crippen LogP contribution in [-0.2, 0) is 20.8 Å². The molecule has 4 nitrogen and oxygen atoms in total. The number of ether oxygens (including phenoxy) is 3. The number of fused-ring (bicyclic) bond motifs is 3. The zero-order chi connectivity index (χ0) is 17.2. The van der Waals surface area contributed by atoms with Gasteiger partial charge in [0.25, 0.3) is 0 Å². The first-order valence-corrected chi connectivity index (χ1v) is 9.09. The second-order valence-corrected chi connectivity index (χ2v) is 6.80. The Hall–Kier alpha value is -1.53. The number of hydrogen-bond acceptors (Lipinski definition) is 4. The van der Waals surface area contributed by atoms with Gasteiger partial charge in [0.15, 0.2) is 0 Å². The minimum Gasteiger partial charge on any atom is -0.326 e. The summed E-state index contributed by atoms with van der Waals surface area (Å²) in [6, 6.07) is 12.8. The fourth-order valence-corrected chi connectivity index (χ4v) is 4.22. The van der Waals surface area contributed by atoms with Crippen molar-refractivity contribution < 1.29 is 18.8 Å². The van der Waals surface area contributed by atoms with Crippen LogP contribution in [0.5, 0.6) is 0 Å². The van der Waals surface area contributed by atoms with Gasteiger partial charge in [-0.2, -0.15) is 4.57 Å². The SMILES string of the molecule is CCOC(C[n+]1c(C)sc2c3ccccc3ccc21)(OC)OCC. The largest absolute Gasteiger partial charge is 0.345 e. The molecule has 1 heterocycles. The standard InChI is InChI=1S/C19H24NO3S/c1-5-22-19(21-4,23-6-2)13-20-14(3)24-18-16-10-8-7-9-15(16)11-12-17(18)20/h7-12H,5-6,13H2,1-4H3/q+1. The van der Waals surface area contributed by atoms with E-state index < -0.39 is 5.97 Å². The van der Waals surface area contributed by atoms with E-state index in [9.17, 15) is 0 Å². The molecule has 0 saturated carbocycles. The second-order valence-electron chi connectivity index (χ2n) is 5.60. The summed E-state index contributed by atoms with van der Waals surface area (Å²) in [5.41, 5.74) is 1.18. The highest BCUT2D eigenvalue weighted by atomic mass is 32.1. The number of thiazole rings is 1. The van der Waals surface area contributed by atoms with Gasteiger partial charge in [-0.15, -0.1) is 0 Å². The van der Waals surface area contributed by atoms with E-state index in [0.29, 0.717) is 19.8 Å². The minimum atomic E-state index is -1.06. The van der Waals surface area contributed by atoms with Crippen molar-refractivity contribution in [3.63, 3.8) is 0 Å². The molecule has 0 saturated heterocycles. The highest BCUT2D eigenvalue weighted by Crippen LogP contribution is 2.30. The van der Waals surface area contributed by atoms with Crippen molar-refractivity contribution in [2.45, 2.75) is 33.3 Å². The van der Waals surface area contributed by atoms with Gasteiger partial charge >= 0.3 is 5.97 Å². The molecule has 0 atom stereocenters. The van der Waals surface area contributed by atoms with E-state index in [1.54, 1.807) is 18.4 Å². The van der Waals surface area contributed by atoms with E-state index in [0.717, 1.165) is 0 Å². The fourth-order valence-electron chi connectivity index (χ4n) is 3.07. The van der Waals surface area contributed by atoms with Crippen LogP contribution >= 0.6 is 11.3 Å². The van der Waals surface area contributed by atoms with Crippen LogP contribution in [0.3, 0.4) is 0 Å². The summed E-state index contributed by atoms with van der Waals surface area (Å²) in [5.74, 6) is -1.06. The van der Waals surface area contributed by atoms with Gasteiger partial charge in [0.1, 0.15) is 4.70 Å². The summed E-state index contributed by atoms with van der Waals surface area (Å²) in [5, 5.41) is 3.73. The topological polar surface area (TPSA) is 31.6 Å². The molecular formula is C19H24NO3S+. The molecule has 128 valence electrons. The van der Waals surface area contributed by atoms with Crippen LogP contribution in [0, 0.1) is 6.92 Å². The summed E-state index contributed by atoms with van der Waals surface area (Å²) < 4.78 is 20.8. The highest BCUT2D eigenvalue weighted by Gasteiger charge is 2.39. The van der Waals surface area contributed by atoms with Crippen molar-refractivity contribution in [2.24, 2.45) is 0 Å². The number of benzene rings is 2. The Labute approximate surface area is 146 Å². The predicted octanol–water partition coefficient (Wildman–Crippen LogP) is 4.02. The Kier molecular flexibility index (Phi) is 5.15. The third kappa shape index (κ3) is 3.05. The van der Waals surface area contributed by atoms with Crippen molar-refractivity contribution in [3.05, 3.63) is 41.4 Å². The van der Waals surface area contributed by atoms with E-state index in [1.807, 2.05) is 13.8 Å². The maximum Gasteiger partial charge on any atom is 0.345 e. The van der Waals surface area contributed by atoms with Crippen molar-refractivity contribution in [1.29, 1.82) is 0 Å². The summed E-state index contributed by atoms with van der Waals surface area (Å²) >= 11 is 1.79. The van der Waals surface area contributed by atoms with Gasteiger partial charge in [-0.05, 0) is 25.3 Å². The normalized spacial score (nSPS) is 12.3. The zero-order valence-corrected chi connectivity index (χ0v) is 15.5. The maximum atomic E-state index is 5.82. The molecule has 0 aliphatic heterocycles. The number of hydrogen-bond donors (Lipinski definition) is 0. The zero-order valence-electron chi connectivity index (χ0n) is 14.7. The van der Waals surface area contributed by atoms with E-state index >= 15 is 0 Å². The number of aryl methyl sites for hydroxylation is 1. The Morgan fingerprint density at radius 1 is 1.04 bits per heavy atom. The lowest BCUT2D eigenvalue weighted by atomic mass is 10.1. The van der Waals surface area contributed by atoms with Crippen LogP contribution in [0.4, 0.5) is 0 Å². The molecule has 0 unspecified atom stereocenters. The summed E-state index contributed by atoms with van der Waals surface area (Å²) in [6.07, 6.45) is 0. The monoisotopic (exact) mass is 346 g/mol. The molecule has 0 bridgehead atoms. The Bertz CT molecular complexity index is 837. The van der Waals surface area contributed by atoms with Gasteiger partial charge in [-0.3, -0.25) is 0 Å². The Balaban J connectivity index is 2.12. The lowest BCUT2D eigenvalue weighted by molar-refractivity contribution is -0.713.